The van der Waals surface area contributed by atoms with Crippen LogP contribution in [0.15, 0.2) is 4.79 Å². The van der Waals surface area contributed by atoms with Gasteiger partial charge in [0.15, 0.2) is 0 Å². The van der Waals surface area contributed by atoms with Crippen LogP contribution < -0.4 is 10.9 Å². The highest BCUT2D eigenvalue weighted by Gasteiger charge is 2.30. The normalized spacial score (nSPS) is 20.5. The smallest absolute Gasteiger partial charge is 0.262 e. The summed E-state index contributed by atoms with van der Waals surface area (Å²) in [6, 6.07) is 0.0586. The molecule has 2 aromatic rings. The lowest BCUT2D eigenvalue weighted by molar-refractivity contribution is -0.137. The Balaban J connectivity index is 1.26. The van der Waals surface area contributed by atoms with Gasteiger partial charge in [-0.05, 0) is 51.0 Å². The number of piperidine rings is 1. The highest BCUT2D eigenvalue weighted by molar-refractivity contribution is 7.20. The van der Waals surface area contributed by atoms with Crippen LogP contribution >= 0.6 is 11.3 Å². The number of thiophene rings is 1. The monoisotopic (exact) mass is 470 g/mol. The molecule has 1 N–H and O–H groups in total. The second-order valence-corrected chi connectivity index (χ2v) is 10.9. The second kappa shape index (κ2) is 9.57. The Bertz CT molecular complexity index is 1110. The number of carbonyl (C=O) groups excluding carboxylic acids is 2. The molecule has 2 aromatic heterocycles. The fourth-order valence-corrected chi connectivity index (χ4v) is 6.82. The average molecular weight is 471 g/mol. The minimum Gasteiger partial charge on any atom is -0.348 e. The van der Waals surface area contributed by atoms with E-state index in [1.165, 1.54) is 30.6 Å². The molecule has 0 aromatic carbocycles. The van der Waals surface area contributed by atoms with Crippen molar-refractivity contribution in [3.05, 3.63) is 26.6 Å². The molecule has 3 aliphatic rings. The SMILES string of the molecule is Cc1c(C(=O)NC2CCN(C(=O)C3CCCCC3)CC2)sc2nc3n(c(=O)c12)CCCCC3. The maximum Gasteiger partial charge on any atom is 0.262 e. The topological polar surface area (TPSA) is 84.3 Å². The highest BCUT2D eigenvalue weighted by Crippen LogP contribution is 2.29. The van der Waals surface area contributed by atoms with Gasteiger partial charge in [-0.1, -0.05) is 25.7 Å². The number of amides is 2. The van der Waals surface area contributed by atoms with Crippen molar-refractivity contribution in [2.75, 3.05) is 13.1 Å². The van der Waals surface area contributed by atoms with E-state index in [9.17, 15) is 14.4 Å². The van der Waals surface area contributed by atoms with E-state index in [4.69, 9.17) is 4.98 Å². The molecular formula is C25H34N4O3S. The number of nitrogens with one attached hydrogen (secondary N) is 1. The third-order valence-corrected chi connectivity index (χ3v) is 8.90. The number of aryl methyl sites for hydroxylation is 2. The van der Waals surface area contributed by atoms with Gasteiger partial charge in [-0.25, -0.2) is 4.98 Å². The van der Waals surface area contributed by atoms with Gasteiger partial charge in [0, 0.05) is 38.0 Å². The quantitative estimate of drug-likeness (QED) is 0.740. The minimum atomic E-state index is -0.118. The lowest BCUT2D eigenvalue weighted by atomic mass is 9.87. The van der Waals surface area contributed by atoms with Crippen LogP contribution in [0.4, 0.5) is 0 Å². The van der Waals surface area contributed by atoms with Crippen LogP contribution in [-0.2, 0) is 17.8 Å². The number of nitrogens with zero attached hydrogens (tertiary/aromatic N) is 3. The second-order valence-electron chi connectivity index (χ2n) is 9.94. The summed E-state index contributed by atoms with van der Waals surface area (Å²) >= 11 is 1.34. The molecule has 2 aliphatic heterocycles. The third kappa shape index (κ3) is 4.46. The summed E-state index contributed by atoms with van der Waals surface area (Å²) in [6.07, 6.45) is 11.2. The first kappa shape index (κ1) is 22.6. The van der Waals surface area contributed by atoms with Crippen LogP contribution in [0.3, 0.4) is 0 Å². The van der Waals surface area contributed by atoms with E-state index in [2.05, 4.69) is 5.32 Å². The Morgan fingerprint density at radius 2 is 1.70 bits per heavy atom. The zero-order valence-electron chi connectivity index (χ0n) is 19.5. The van der Waals surface area contributed by atoms with Crippen molar-refractivity contribution in [2.24, 2.45) is 5.92 Å². The van der Waals surface area contributed by atoms with Crippen LogP contribution in [-0.4, -0.2) is 45.4 Å². The van der Waals surface area contributed by atoms with Gasteiger partial charge < -0.3 is 10.2 Å². The molecule has 4 heterocycles. The van der Waals surface area contributed by atoms with Gasteiger partial charge in [0.1, 0.15) is 10.7 Å². The van der Waals surface area contributed by atoms with Gasteiger partial charge in [-0.3, -0.25) is 19.0 Å². The summed E-state index contributed by atoms with van der Waals surface area (Å²) < 4.78 is 1.82. The molecule has 0 spiro atoms. The molecule has 5 rings (SSSR count). The number of hydrogen-bond donors (Lipinski definition) is 1. The number of aromatic nitrogens is 2. The van der Waals surface area contributed by atoms with Crippen LogP contribution in [0, 0.1) is 12.8 Å². The first-order valence-electron chi connectivity index (χ1n) is 12.7. The molecule has 178 valence electrons. The summed E-state index contributed by atoms with van der Waals surface area (Å²) in [7, 11) is 0. The highest BCUT2D eigenvalue weighted by atomic mass is 32.1. The van der Waals surface area contributed by atoms with E-state index in [0.717, 1.165) is 62.8 Å². The Labute approximate surface area is 198 Å². The van der Waals surface area contributed by atoms with Crippen molar-refractivity contribution >= 4 is 33.4 Å². The Morgan fingerprint density at radius 3 is 2.45 bits per heavy atom. The molecule has 33 heavy (non-hydrogen) atoms. The summed E-state index contributed by atoms with van der Waals surface area (Å²) in [4.78, 5) is 47.2. The molecule has 1 saturated heterocycles. The fourth-order valence-electron chi connectivity index (χ4n) is 5.73. The maximum atomic E-state index is 13.2. The van der Waals surface area contributed by atoms with E-state index in [0.29, 0.717) is 40.6 Å². The molecule has 1 saturated carbocycles. The largest absolute Gasteiger partial charge is 0.348 e. The van der Waals surface area contributed by atoms with E-state index in [1.807, 2.05) is 16.4 Å². The van der Waals surface area contributed by atoms with Gasteiger partial charge in [0.05, 0.1) is 10.3 Å². The molecule has 7 nitrogen and oxygen atoms in total. The summed E-state index contributed by atoms with van der Waals surface area (Å²) in [6.45, 7) is 4.00. The minimum absolute atomic E-state index is 0.000710. The number of likely N-dealkylation sites (tertiary alicyclic amines) is 1. The first-order chi connectivity index (χ1) is 16.0. The van der Waals surface area contributed by atoms with E-state index in [1.54, 1.807) is 0 Å². The lowest BCUT2D eigenvalue weighted by Gasteiger charge is -2.35. The number of rotatable bonds is 3. The van der Waals surface area contributed by atoms with Crippen molar-refractivity contribution < 1.29 is 9.59 Å². The number of fused-ring (bicyclic) bond motifs is 2. The summed E-state index contributed by atoms with van der Waals surface area (Å²) in [5.41, 5.74) is 0.744. The Hall–Kier alpha value is -2.22. The Kier molecular flexibility index (Phi) is 6.54. The van der Waals surface area contributed by atoms with E-state index >= 15 is 0 Å². The zero-order chi connectivity index (χ0) is 22.9. The van der Waals surface area contributed by atoms with Crippen molar-refractivity contribution in [2.45, 2.75) is 90.1 Å². The molecule has 2 fully saturated rings. The van der Waals surface area contributed by atoms with E-state index in [-0.39, 0.29) is 23.4 Å². The first-order valence-corrected chi connectivity index (χ1v) is 13.5. The predicted octanol–water partition coefficient (Wildman–Crippen LogP) is 3.79. The van der Waals surface area contributed by atoms with Gasteiger partial charge in [-0.15, -0.1) is 11.3 Å². The van der Waals surface area contributed by atoms with Gasteiger partial charge in [0.25, 0.3) is 11.5 Å². The lowest BCUT2D eigenvalue weighted by Crippen LogP contribution is -2.48. The molecule has 0 radical (unpaired) electrons. The number of hydrogen-bond acceptors (Lipinski definition) is 5. The maximum absolute atomic E-state index is 13.2. The van der Waals surface area contributed by atoms with Gasteiger partial charge >= 0.3 is 0 Å². The molecular weight excluding hydrogens is 436 g/mol. The van der Waals surface area contributed by atoms with Crippen molar-refractivity contribution in [1.82, 2.24) is 19.8 Å². The number of carbonyl (C=O) groups is 2. The summed E-state index contributed by atoms with van der Waals surface area (Å²) in [5.74, 6) is 1.25. The molecule has 0 atom stereocenters. The van der Waals surface area contributed by atoms with Crippen LogP contribution in [0.5, 0.6) is 0 Å². The van der Waals surface area contributed by atoms with Crippen molar-refractivity contribution in [3.63, 3.8) is 0 Å². The molecule has 0 bridgehead atoms. The molecule has 8 heteroatoms. The standard InChI is InChI=1S/C25H34N4O3S/c1-16-20-23(27-19-10-6-3-7-13-29(19)25(20)32)33-21(16)22(30)26-18-11-14-28(15-12-18)24(31)17-8-4-2-5-9-17/h17-18H,2-15H2,1H3,(H,26,30). The summed E-state index contributed by atoms with van der Waals surface area (Å²) in [5, 5.41) is 3.77. The zero-order valence-corrected chi connectivity index (χ0v) is 20.3. The molecule has 1 aliphatic carbocycles. The third-order valence-electron chi connectivity index (χ3n) is 7.71. The van der Waals surface area contributed by atoms with Gasteiger partial charge in [0.2, 0.25) is 5.91 Å². The van der Waals surface area contributed by atoms with E-state index < -0.39 is 0 Å². The fraction of sp³-hybridized carbons (Fsp3) is 0.680. The van der Waals surface area contributed by atoms with Crippen LogP contribution in [0.2, 0.25) is 0 Å². The predicted molar refractivity (Wildman–Crippen MR) is 130 cm³/mol. The van der Waals surface area contributed by atoms with Crippen molar-refractivity contribution in [1.29, 1.82) is 0 Å². The van der Waals surface area contributed by atoms with Crippen molar-refractivity contribution in [3.8, 4) is 0 Å². The van der Waals surface area contributed by atoms with Crippen LogP contribution in [0.25, 0.3) is 10.2 Å². The Morgan fingerprint density at radius 1 is 0.970 bits per heavy atom. The molecule has 2 amide bonds. The van der Waals surface area contributed by atoms with Crippen LogP contribution in [0.1, 0.15) is 85.3 Å². The average Bonchev–Trinajstić information content (AvgIpc) is 3.00. The molecule has 0 unspecified atom stereocenters. The van der Waals surface area contributed by atoms with Gasteiger partial charge in [-0.2, -0.15) is 0 Å².